The van der Waals surface area contributed by atoms with E-state index < -0.39 is 35.3 Å². The first-order valence-electron chi connectivity index (χ1n) is 8.31. The molecule has 8 nitrogen and oxygen atoms in total. The molecule has 0 fully saturated rings. The van der Waals surface area contributed by atoms with Gasteiger partial charge in [-0.3, -0.25) is 19.0 Å². The van der Waals surface area contributed by atoms with Crippen molar-refractivity contribution >= 4 is 28.5 Å². The number of aromatic hydroxyl groups is 1. The van der Waals surface area contributed by atoms with Gasteiger partial charge in [-0.2, -0.15) is 0 Å². The lowest BCUT2D eigenvalue weighted by Gasteiger charge is -2.15. The van der Waals surface area contributed by atoms with Crippen LogP contribution >= 0.6 is 0 Å². The van der Waals surface area contributed by atoms with Crippen molar-refractivity contribution in [2.45, 2.75) is 25.7 Å². The normalized spacial score (nSPS) is 14.1. The van der Waals surface area contributed by atoms with E-state index in [0.29, 0.717) is 0 Å². The standard InChI is InChI=1S/C18H19N3O5/c1-21-16-12(7-11(8-19-16)10-5-3-2-4-6-10)15(24)14(18(21)26)17(25)20-9-13(22)23/h5,7-8,24H,2-4,6,9H2,1H3,(H,20,25)(H,22,23). The molecule has 0 bridgehead atoms. The SMILES string of the molecule is Cn1c(=O)c(C(=O)NCC(=O)O)c(O)c2cc(C3=CCCCC3)cnc21. The molecule has 1 aliphatic rings. The van der Waals surface area contributed by atoms with E-state index in [-0.39, 0.29) is 11.0 Å². The number of carboxylic acids is 1. The van der Waals surface area contributed by atoms with Crippen LogP contribution in [0.4, 0.5) is 0 Å². The molecule has 0 unspecified atom stereocenters. The van der Waals surface area contributed by atoms with E-state index in [1.54, 1.807) is 12.3 Å². The van der Waals surface area contributed by atoms with E-state index in [1.807, 2.05) is 0 Å². The van der Waals surface area contributed by atoms with Gasteiger partial charge in [-0.15, -0.1) is 0 Å². The number of carboxylic acid groups (broad SMARTS) is 1. The predicted octanol–water partition coefficient (Wildman–Crippen LogP) is 1.41. The third kappa shape index (κ3) is 3.17. The molecule has 0 aromatic carbocycles. The van der Waals surface area contributed by atoms with Crippen molar-refractivity contribution in [1.29, 1.82) is 0 Å². The van der Waals surface area contributed by atoms with Crippen LogP contribution in [0.2, 0.25) is 0 Å². The summed E-state index contributed by atoms with van der Waals surface area (Å²) in [5.41, 5.74) is 0.981. The summed E-state index contributed by atoms with van der Waals surface area (Å²) in [6.45, 7) is -0.648. The first kappa shape index (κ1) is 17.7. The lowest BCUT2D eigenvalue weighted by Crippen LogP contribution is -2.35. The minimum Gasteiger partial charge on any atom is -0.506 e. The highest BCUT2D eigenvalue weighted by Gasteiger charge is 2.22. The van der Waals surface area contributed by atoms with Gasteiger partial charge in [-0.1, -0.05) is 6.08 Å². The maximum absolute atomic E-state index is 12.4. The van der Waals surface area contributed by atoms with Crippen LogP contribution < -0.4 is 10.9 Å². The molecule has 2 aromatic rings. The highest BCUT2D eigenvalue weighted by Crippen LogP contribution is 2.31. The van der Waals surface area contributed by atoms with E-state index in [0.717, 1.165) is 36.8 Å². The van der Waals surface area contributed by atoms with Crippen molar-refractivity contribution in [1.82, 2.24) is 14.9 Å². The number of nitrogens with zero attached hydrogens (tertiary/aromatic N) is 2. The molecule has 3 N–H and O–H groups in total. The maximum atomic E-state index is 12.4. The summed E-state index contributed by atoms with van der Waals surface area (Å²) >= 11 is 0. The first-order chi connectivity index (χ1) is 12.4. The van der Waals surface area contributed by atoms with Crippen molar-refractivity contribution in [2.75, 3.05) is 6.54 Å². The number of carbonyl (C=O) groups is 2. The fraction of sp³-hybridized carbons (Fsp3) is 0.333. The van der Waals surface area contributed by atoms with E-state index in [1.165, 1.54) is 11.6 Å². The average Bonchev–Trinajstić information content (AvgIpc) is 2.65. The van der Waals surface area contributed by atoms with Gasteiger partial charge in [0.1, 0.15) is 23.5 Å². The predicted molar refractivity (Wildman–Crippen MR) is 95.1 cm³/mol. The van der Waals surface area contributed by atoms with Crippen LogP contribution in [-0.2, 0) is 11.8 Å². The number of allylic oxidation sites excluding steroid dienone is 2. The van der Waals surface area contributed by atoms with Gasteiger partial charge in [0.25, 0.3) is 11.5 Å². The summed E-state index contributed by atoms with van der Waals surface area (Å²) in [6, 6.07) is 1.71. The number of aromatic nitrogens is 2. The number of hydrogen-bond acceptors (Lipinski definition) is 5. The van der Waals surface area contributed by atoms with Crippen LogP contribution in [-0.4, -0.2) is 38.2 Å². The molecule has 2 heterocycles. The van der Waals surface area contributed by atoms with Gasteiger partial charge in [0.15, 0.2) is 0 Å². The Labute approximate surface area is 148 Å². The molecule has 26 heavy (non-hydrogen) atoms. The molecule has 0 spiro atoms. The van der Waals surface area contributed by atoms with Crippen molar-refractivity contribution in [3.05, 3.63) is 39.8 Å². The van der Waals surface area contributed by atoms with E-state index >= 15 is 0 Å². The van der Waals surface area contributed by atoms with Crippen LogP contribution in [0.15, 0.2) is 23.1 Å². The Balaban J connectivity index is 2.14. The smallest absolute Gasteiger partial charge is 0.322 e. The molecule has 2 aromatic heterocycles. The van der Waals surface area contributed by atoms with Gasteiger partial charge in [-0.05, 0) is 42.9 Å². The second kappa shape index (κ2) is 6.99. The Morgan fingerprint density at radius 3 is 2.77 bits per heavy atom. The summed E-state index contributed by atoms with van der Waals surface area (Å²) in [5, 5.41) is 21.6. The van der Waals surface area contributed by atoms with Crippen molar-refractivity contribution < 1.29 is 19.8 Å². The third-order valence-corrected chi connectivity index (χ3v) is 4.48. The molecule has 1 amide bonds. The second-order valence-corrected chi connectivity index (χ2v) is 6.23. The van der Waals surface area contributed by atoms with Crippen molar-refractivity contribution in [3.8, 4) is 5.75 Å². The van der Waals surface area contributed by atoms with Crippen LogP contribution in [0.3, 0.4) is 0 Å². The van der Waals surface area contributed by atoms with Gasteiger partial charge in [0.2, 0.25) is 0 Å². The van der Waals surface area contributed by atoms with Gasteiger partial charge in [0, 0.05) is 13.2 Å². The lowest BCUT2D eigenvalue weighted by molar-refractivity contribution is -0.135. The first-order valence-corrected chi connectivity index (χ1v) is 8.31. The number of carbonyl (C=O) groups excluding carboxylic acids is 1. The molecule has 8 heteroatoms. The Bertz CT molecular complexity index is 990. The van der Waals surface area contributed by atoms with Gasteiger partial charge >= 0.3 is 5.97 Å². The molecule has 0 aliphatic heterocycles. The zero-order valence-electron chi connectivity index (χ0n) is 14.3. The molecule has 136 valence electrons. The fourth-order valence-corrected chi connectivity index (χ4v) is 3.12. The molecule has 0 saturated heterocycles. The number of aryl methyl sites for hydroxylation is 1. The maximum Gasteiger partial charge on any atom is 0.322 e. The Hall–Kier alpha value is -3.16. The van der Waals surface area contributed by atoms with Crippen molar-refractivity contribution in [3.63, 3.8) is 0 Å². The summed E-state index contributed by atoms with van der Waals surface area (Å²) in [7, 11) is 1.45. The van der Waals surface area contributed by atoms with Crippen LogP contribution in [0, 0.1) is 0 Å². The number of nitrogens with one attached hydrogen (secondary N) is 1. The molecule has 0 saturated carbocycles. The number of pyridine rings is 2. The van der Waals surface area contributed by atoms with E-state index in [9.17, 15) is 19.5 Å². The van der Waals surface area contributed by atoms with Gasteiger partial charge in [0.05, 0.1) is 5.39 Å². The van der Waals surface area contributed by atoms with Crippen molar-refractivity contribution in [2.24, 2.45) is 7.05 Å². The second-order valence-electron chi connectivity index (χ2n) is 6.23. The largest absolute Gasteiger partial charge is 0.506 e. The Morgan fingerprint density at radius 2 is 2.12 bits per heavy atom. The number of fused-ring (bicyclic) bond motifs is 1. The summed E-state index contributed by atoms with van der Waals surface area (Å²) in [4.78, 5) is 39.5. The monoisotopic (exact) mass is 357 g/mol. The molecule has 3 rings (SSSR count). The fourth-order valence-electron chi connectivity index (χ4n) is 3.12. The molecular weight excluding hydrogens is 338 g/mol. The van der Waals surface area contributed by atoms with Crippen LogP contribution in [0.25, 0.3) is 16.6 Å². The van der Waals surface area contributed by atoms with E-state index in [4.69, 9.17) is 5.11 Å². The number of hydrogen-bond donors (Lipinski definition) is 3. The number of aliphatic carboxylic acids is 1. The third-order valence-electron chi connectivity index (χ3n) is 4.48. The zero-order valence-corrected chi connectivity index (χ0v) is 14.3. The molecule has 0 atom stereocenters. The quantitative estimate of drug-likeness (QED) is 0.761. The van der Waals surface area contributed by atoms with Gasteiger partial charge < -0.3 is 15.5 Å². The molecule has 0 radical (unpaired) electrons. The van der Waals surface area contributed by atoms with Crippen LogP contribution in [0.5, 0.6) is 5.75 Å². The molecular formula is C18H19N3O5. The topological polar surface area (TPSA) is 122 Å². The van der Waals surface area contributed by atoms with Crippen LogP contribution in [0.1, 0.15) is 41.6 Å². The number of rotatable bonds is 4. The van der Waals surface area contributed by atoms with E-state index in [2.05, 4.69) is 16.4 Å². The Morgan fingerprint density at radius 1 is 1.35 bits per heavy atom. The Kier molecular flexibility index (Phi) is 4.75. The summed E-state index contributed by atoms with van der Waals surface area (Å²) in [5.74, 6) is -2.67. The minimum absolute atomic E-state index is 0.252. The highest BCUT2D eigenvalue weighted by molar-refractivity contribution is 6.02. The summed E-state index contributed by atoms with van der Waals surface area (Å²) in [6.07, 6.45) is 7.89. The number of amides is 1. The van der Waals surface area contributed by atoms with Gasteiger partial charge in [-0.25, -0.2) is 4.98 Å². The summed E-state index contributed by atoms with van der Waals surface area (Å²) < 4.78 is 1.17. The average molecular weight is 357 g/mol. The lowest BCUT2D eigenvalue weighted by atomic mass is 9.94. The minimum atomic E-state index is -1.25. The molecule has 1 aliphatic carbocycles. The highest BCUT2D eigenvalue weighted by atomic mass is 16.4. The zero-order chi connectivity index (χ0) is 18.8.